The second kappa shape index (κ2) is 4.23. The standard InChI is InChI=1S/C11H8ClF3O2/c12-10-7(5-9(16)11(13,14)15)6-3-1-2-4-8(6)17-10/h1-4,9,16H,5H2. The van der Waals surface area contributed by atoms with E-state index in [4.69, 9.17) is 21.1 Å². The average molecular weight is 265 g/mol. The molecule has 1 unspecified atom stereocenters. The van der Waals surface area contributed by atoms with Gasteiger partial charge in [0.15, 0.2) is 11.3 Å². The first kappa shape index (κ1) is 12.3. The first-order valence-corrected chi connectivity index (χ1v) is 5.18. The van der Waals surface area contributed by atoms with Gasteiger partial charge in [0, 0.05) is 17.4 Å². The SMILES string of the molecule is OC(Cc1c(Cl)oc2ccccc12)C(F)(F)F. The molecule has 1 aromatic carbocycles. The van der Waals surface area contributed by atoms with Crippen molar-refractivity contribution in [3.63, 3.8) is 0 Å². The topological polar surface area (TPSA) is 33.4 Å². The highest BCUT2D eigenvalue weighted by atomic mass is 35.5. The predicted molar refractivity (Wildman–Crippen MR) is 57.0 cm³/mol. The fraction of sp³-hybridized carbons (Fsp3) is 0.273. The summed E-state index contributed by atoms with van der Waals surface area (Å²) in [5.41, 5.74) is 0.578. The molecule has 0 amide bonds. The number of para-hydroxylation sites is 1. The van der Waals surface area contributed by atoms with Crippen LogP contribution in [0, 0.1) is 0 Å². The number of hydrogen-bond donors (Lipinski definition) is 1. The van der Waals surface area contributed by atoms with Crippen LogP contribution in [0.2, 0.25) is 5.22 Å². The van der Waals surface area contributed by atoms with Gasteiger partial charge in [0.2, 0.25) is 0 Å². The van der Waals surface area contributed by atoms with E-state index in [9.17, 15) is 13.2 Å². The summed E-state index contributed by atoms with van der Waals surface area (Å²) < 4.78 is 41.8. The summed E-state index contributed by atoms with van der Waals surface area (Å²) in [7, 11) is 0. The maximum atomic E-state index is 12.2. The summed E-state index contributed by atoms with van der Waals surface area (Å²) in [6.07, 6.45) is -7.72. The molecule has 2 aromatic rings. The molecule has 6 heteroatoms. The van der Waals surface area contributed by atoms with Crippen LogP contribution >= 0.6 is 11.6 Å². The summed E-state index contributed by atoms with van der Waals surface area (Å²) in [5, 5.41) is 9.39. The number of benzene rings is 1. The van der Waals surface area contributed by atoms with Crippen molar-refractivity contribution >= 4 is 22.6 Å². The van der Waals surface area contributed by atoms with Crippen LogP contribution in [0.1, 0.15) is 5.56 Å². The van der Waals surface area contributed by atoms with E-state index in [-0.39, 0.29) is 10.8 Å². The van der Waals surface area contributed by atoms with Gasteiger partial charge < -0.3 is 9.52 Å². The van der Waals surface area contributed by atoms with E-state index < -0.39 is 18.7 Å². The molecule has 2 rings (SSSR count). The Morgan fingerprint density at radius 1 is 1.29 bits per heavy atom. The van der Waals surface area contributed by atoms with E-state index in [1.165, 1.54) is 0 Å². The molecule has 92 valence electrons. The van der Waals surface area contributed by atoms with Gasteiger partial charge in [-0.25, -0.2) is 0 Å². The van der Waals surface area contributed by atoms with Crippen LogP contribution in [0.4, 0.5) is 13.2 Å². The Morgan fingerprint density at radius 2 is 1.94 bits per heavy atom. The fourth-order valence-corrected chi connectivity index (χ4v) is 1.83. The number of alkyl halides is 3. The first-order valence-electron chi connectivity index (χ1n) is 4.80. The normalized spacial score (nSPS) is 14.2. The predicted octanol–water partition coefficient (Wildman–Crippen LogP) is 3.55. The monoisotopic (exact) mass is 264 g/mol. The molecule has 1 aromatic heterocycles. The van der Waals surface area contributed by atoms with Crippen molar-refractivity contribution in [2.75, 3.05) is 0 Å². The third kappa shape index (κ3) is 2.40. The van der Waals surface area contributed by atoms with Crippen LogP contribution in [0.15, 0.2) is 28.7 Å². The molecule has 1 atom stereocenters. The van der Waals surface area contributed by atoms with Crippen LogP contribution in [-0.4, -0.2) is 17.4 Å². The number of aliphatic hydroxyl groups is 1. The molecule has 0 radical (unpaired) electrons. The van der Waals surface area contributed by atoms with Gasteiger partial charge in [0.25, 0.3) is 0 Å². The maximum Gasteiger partial charge on any atom is 0.414 e. The van der Waals surface area contributed by atoms with E-state index in [2.05, 4.69) is 0 Å². The Morgan fingerprint density at radius 3 is 2.59 bits per heavy atom. The highest BCUT2D eigenvalue weighted by Crippen LogP contribution is 2.33. The third-order valence-corrected chi connectivity index (χ3v) is 2.73. The fourth-order valence-electron chi connectivity index (χ4n) is 1.57. The summed E-state index contributed by atoms with van der Waals surface area (Å²) in [4.78, 5) is 0. The van der Waals surface area contributed by atoms with Gasteiger partial charge in [0.05, 0.1) is 0 Å². The van der Waals surface area contributed by atoms with Gasteiger partial charge in [-0.2, -0.15) is 13.2 Å². The Hall–Kier alpha value is -1.20. The third-order valence-electron chi connectivity index (χ3n) is 2.42. The lowest BCUT2D eigenvalue weighted by Crippen LogP contribution is -2.30. The Labute approximate surface area is 99.6 Å². The average Bonchev–Trinajstić information content (AvgIpc) is 2.54. The summed E-state index contributed by atoms with van der Waals surface area (Å²) in [6, 6.07) is 6.55. The Balaban J connectivity index is 2.39. The number of rotatable bonds is 2. The minimum atomic E-state index is -4.66. The van der Waals surface area contributed by atoms with Crippen molar-refractivity contribution < 1.29 is 22.7 Å². The zero-order valence-electron chi connectivity index (χ0n) is 8.46. The molecule has 0 bridgehead atoms. The van der Waals surface area contributed by atoms with Gasteiger partial charge in [-0.15, -0.1) is 0 Å². The second-order valence-corrected chi connectivity index (χ2v) is 3.96. The lowest BCUT2D eigenvalue weighted by Gasteiger charge is -2.13. The molecule has 2 nitrogen and oxygen atoms in total. The van der Waals surface area contributed by atoms with Crippen molar-refractivity contribution in [1.29, 1.82) is 0 Å². The molecule has 0 aliphatic heterocycles. The quantitative estimate of drug-likeness (QED) is 0.900. The van der Waals surface area contributed by atoms with E-state index >= 15 is 0 Å². The van der Waals surface area contributed by atoms with Crippen molar-refractivity contribution in [3.8, 4) is 0 Å². The van der Waals surface area contributed by atoms with E-state index in [0.717, 1.165) is 0 Å². The minimum absolute atomic E-state index is 0.116. The summed E-state index contributed by atoms with van der Waals surface area (Å²) >= 11 is 5.72. The zero-order valence-corrected chi connectivity index (χ0v) is 9.22. The van der Waals surface area contributed by atoms with Crippen LogP contribution < -0.4 is 0 Å². The van der Waals surface area contributed by atoms with Crippen molar-refractivity contribution in [2.24, 2.45) is 0 Å². The summed E-state index contributed by atoms with van der Waals surface area (Å²) in [6.45, 7) is 0. The number of aliphatic hydroxyl groups excluding tert-OH is 1. The number of hydrogen-bond acceptors (Lipinski definition) is 2. The van der Waals surface area contributed by atoms with Gasteiger partial charge in [0.1, 0.15) is 5.58 Å². The van der Waals surface area contributed by atoms with Crippen molar-refractivity contribution in [2.45, 2.75) is 18.7 Å². The maximum absolute atomic E-state index is 12.2. The Kier molecular flexibility index (Phi) is 3.05. The molecule has 17 heavy (non-hydrogen) atoms. The second-order valence-electron chi connectivity index (χ2n) is 3.61. The van der Waals surface area contributed by atoms with Gasteiger partial charge >= 0.3 is 6.18 Å². The molecule has 1 N–H and O–H groups in total. The van der Waals surface area contributed by atoms with Gasteiger partial charge in [-0.05, 0) is 17.7 Å². The zero-order chi connectivity index (χ0) is 12.6. The molecule has 0 saturated heterocycles. The number of halogens is 4. The molecule has 0 saturated carbocycles. The van der Waals surface area contributed by atoms with Crippen LogP contribution in [0.5, 0.6) is 0 Å². The van der Waals surface area contributed by atoms with Crippen LogP contribution in [0.3, 0.4) is 0 Å². The first-order chi connectivity index (χ1) is 7.89. The van der Waals surface area contributed by atoms with Crippen molar-refractivity contribution in [1.82, 2.24) is 0 Å². The summed E-state index contributed by atoms with van der Waals surface area (Å²) in [5.74, 6) is 0. The van der Waals surface area contributed by atoms with Crippen molar-refractivity contribution in [3.05, 3.63) is 35.0 Å². The Bertz CT molecular complexity index is 533. The number of fused-ring (bicyclic) bond motifs is 1. The largest absolute Gasteiger partial charge is 0.444 e. The molecule has 0 aliphatic carbocycles. The van der Waals surface area contributed by atoms with Crippen LogP contribution in [-0.2, 0) is 6.42 Å². The minimum Gasteiger partial charge on any atom is -0.444 e. The molecular weight excluding hydrogens is 257 g/mol. The molecule has 0 spiro atoms. The lowest BCUT2D eigenvalue weighted by atomic mass is 10.1. The van der Waals surface area contributed by atoms with E-state index in [1.54, 1.807) is 24.3 Å². The molecular formula is C11H8ClF3O2. The van der Waals surface area contributed by atoms with Gasteiger partial charge in [-0.1, -0.05) is 18.2 Å². The molecule has 0 fully saturated rings. The lowest BCUT2D eigenvalue weighted by molar-refractivity contribution is -0.203. The highest BCUT2D eigenvalue weighted by Gasteiger charge is 2.39. The molecule has 1 heterocycles. The van der Waals surface area contributed by atoms with Crippen LogP contribution in [0.25, 0.3) is 11.0 Å². The highest BCUT2D eigenvalue weighted by molar-refractivity contribution is 6.30. The van der Waals surface area contributed by atoms with E-state index in [1.807, 2.05) is 0 Å². The number of furan rings is 1. The van der Waals surface area contributed by atoms with Gasteiger partial charge in [-0.3, -0.25) is 0 Å². The molecule has 0 aliphatic rings. The van der Waals surface area contributed by atoms with E-state index in [0.29, 0.717) is 11.0 Å². The smallest absolute Gasteiger partial charge is 0.414 e.